The molecule has 1 aliphatic carbocycles. The third-order valence-electron chi connectivity index (χ3n) is 5.25. The second-order valence-electron chi connectivity index (χ2n) is 7.06. The molecule has 1 N–H and O–H groups in total. The molecule has 0 bridgehead atoms. The van der Waals surface area contributed by atoms with Crippen LogP contribution in [-0.4, -0.2) is 41.0 Å². The van der Waals surface area contributed by atoms with Crippen LogP contribution in [0.2, 0.25) is 5.02 Å². The number of rotatable bonds is 4. The third kappa shape index (κ3) is 3.15. The van der Waals surface area contributed by atoms with Gasteiger partial charge in [0.2, 0.25) is 0 Å². The zero-order chi connectivity index (χ0) is 17.3. The van der Waals surface area contributed by atoms with E-state index in [2.05, 4.69) is 12.2 Å². The average molecular weight is 350 g/mol. The third-order valence-corrected chi connectivity index (χ3v) is 5.50. The number of amides is 3. The minimum absolute atomic E-state index is 0.0670. The molecular weight excluding hydrogens is 326 g/mol. The average Bonchev–Trinajstić information content (AvgIpc) is 2.78. The lowest BCUT2D eigenvalue weighted by atomic mass is 9.73. The fourth-order valence-electron chi connectivity index (χ4n) is 3.82. The quantitative estimate of drug-likeness (QED) is 0.849. The number of halogens is 1. The van der Waals surface area contributed by atoms with Gasteiger partial charge in [-0.2, -0.15) is 0 Å². The lowest BCUT2D eigenvalue weighted by Crippen LogP contribution is -2.54. The van der Waals surface area contributed by atoms with Crippen LogP contribution in [0.1, 0.15) is 38.2 Å². The molecule has 1 aromatic rings. The van der Waals surface area contributed by atoms with Crippen LogP contribution < -0.4 is 5.32 Å². The van der Waals surface area contributed by atoms with E-state index < -0.39 is 5.54 Å². The van der Waals surface area contributed by atoms with Gasteiger partial charge in [-0.05, 0) is 43.5 Å². The minimum Gasteiger partial charge on any atom is -0.323 e. The molecule has 1 spiro atoms. The summed E-state index contributed by atoms with van der Waals surface area (Å²) < 4.78 is 0. The molecule has 5 nitrogen and oxygen atoms in total. The van der Waals surface area contributed by atoms with Gasteiger partial charge in [0, 0.05) is 11.6 Å². The van der Waals surface area contributed by atoms with Crippen molar-refractivity contribution < 1.29 is 9.59 Å². The summed E-state index contributed by atoms with van der Waals surface area (Å²) in [5, 5.41) is 3.69. The first kappa shape index (κ1) is 17.2. The van der Waals surface area contributed by atoms with Crippen molar-refractivity contribution in [1.82, 2.24) is 15.1 Å². The van der Waals surface area contributed by atoms with Crippen LogP contribution in [0.4, 0.5) is 4.79 Å². The molecule has 3 amide bonds. The van der Waals surface area contributed by atoms with Gasteiger partial charge in [0.25, 0.3) is 5.91 Å². The van der Waals surface area contributed by atoms with Crippen molar-refractivity contribution in [1.29, 1.82) is 0 Å². The van der Waals surface area contributed by atoms with Crippen molar-refractivity contribution in [3.05, 3.63) is 34.9 Å². The van der Waals surface area contributed by atoms with Gasteiger partial charge in [0.1, 0.15) is 5.54 Å². The molecule has 1 saturated carbocycles. The highest BCUT2D eigenvalue weighted by molar-refractivity contribution is 6.30. The Balaban J connectivity index is 1.67. The number of nitrogens with zero attached hydrogens (tertiary/aromatic N) is 2. The van der Waals surface area contributed by atoms with Gasteiger partial charge < -0.3 is 5.32 Å². The van der Waals surface area contributed by atoms with Gasteiger partial charge in [-0.25, -0.2) is 9.69 Å². The maximum absolute atomic E-state index is 12.9. The largest absolute Gasteiger partial charge is 0.326 e. The number of carbonyl (C=O) groups is 2. The van der Waals surface area contributed by atoms with Crippen LogP contribution in [0, 0.1) is 5.92 Å². The molecule has 1 aromatic carbocycles. The van der Waals surface area contributed by atoms with E-state index in [1.165, 1.54) is 4.90 Å². The Labute approximate surface area is 147 Å². The number of carbonyl (C=O) groups excluding carboxylic acids is 2. The standard InChI is InChI=1S/C18H24ClN3O2/c1-13-5-3-4-10-18(13)16(23)22(17(24)20-18)12-21(2)11-14-6-8-15(19)9-7-14/h6-9,13H,3-5,10-12H2,1-2H3,(H,20,24)/t13-,18+/m1/s1. The van der Waals surface area contributed by atoms with E-state index in [1.54, 1.807) is 0 Å². The highest BCUT2D eigenvalue weighted by Crippen LogP contribution is 2.38. The maximum atomic E-state index is 12.9. The summed E-state index contributed by atoms with van der Waals surface area (Å²) in [5.74, 6) is 0.122. The molecule has 3 rings (SSSR count). The Bertz CT molecular complexity index is 634. The van der Waals surface area contributed by atoms with Crippen molar-refractivity contribution in [2.75, 3.05) is 13.7 Å². The summed E-state index contributed by atoms with van der Waals surface area (Å²) in [5.41, 5.74) is 0.408. The van der Waals surface area contributed by atoms with E-state index >= 15 is 0 Å². The van der Waals surface area contributed by atoms with E-state index in [0.717, 1.165) is 31.2 Å². The molecular formula is C18H24ClN3O2. The molecule has 2 fully saturated rings. The number of imide groups is 1. The monoisotopic (exact) mass is 349 g/mol. The number of benzene rings is 1. The van der Waals surface area contributed by atoms with Crippen molar-refractivity contribution in [3.8, 4) is 0 Å². The number of nitrogens with one attached hydrogen (secondary N) is 1. The summed E-state index contributed by atoms with van der Waals surface area (Å²) in [7, 11) is 1.91. The van der Waals surface area contributed by atoms with E-state index in [9.17, 15) is 9.59 Å². The Hall–Kier alpha value is -1.59. The maximum Gasteiger partial charge on any atom is 0.326 e. The second kappa shape index (κ2) is 6.73. The minimum atomic E-state index is -0.684. The summed E-state index contributed by atoms with van der Waals surface area (Å²) in [6.07, 6.45) is 3.85. The van der Waals surface area contributed by atoms with Crippen LogP contribution in [0.5, 0.6) is 0 Å². The normalized spacial score (nSPS) is 27.2. The highest BCUT2D eigenvalue weighted by Gasteiger charge is 2.54. The first-order valence-corrected chi connectivity index (χ1v) is 8.87. The lowest BCUT2D eigenvalue weighted by Gasteiger charge is -2.37. The Kier molecular flexibility index (Phi) is 4.83. The number of urea groups is 1. The number of hydrogen-bond acceptors (Lipinski definition) is 3. The van der Waals surface area contributed by atoms with Gasteiger partial charge in [-0.1, -0.05) is 43.5 Å². The molecule has 130 valence electrons. The van der Waals surface area contributed by atoms with Crippen molar-refractivity contribution in [2.24, 2.45) is 5.92 Å². The predicted molar refractivity (Wildman–Crippen MR) is 93.5 cm³/mol. The smallest absolute Gasteiger partial charge is 0.323 e. The first-order valence-electron chi connectivity index (χ1n) is 8.49. The molecule has 1 saturated heterocycles. The van der Waals surface area contributed by atoms with Gasteiger partial charge in [0.05, 0.1) is 6.67 Å². The molecule has 6 heteroatoms. The van der Waals surface area contributed by atoms with Crippen molar-refractivity contribution in [2.45, 2.75) is 44.7 Å². The molecule has 2 atom stereocenters. The van der Waals surface area contributed by atoms with Crippen LogP contribution in [0.25, 0.3) is 0 Å². The predicted octanol–water partition coefficient (Wildman–Crippen LogP) is 3.23. The topological polar surface area (TPSA) is 52.7 Å². The van der Waals surface area contributed by atoms with Crippen LogP contribution >= 0.6 is 11.6 Å². The summed E-state index contributed by atoms with van der Waals surface area (Å²) in [6, 6.07) is 7.33. The summed E-state index contributed by atoms with van der Waals surface area (Å²) >= 11 is 5.90. The molecule has 0 aromatic heterocycles. The SMILES string of the molecule is C[C@@H]1CCCC[C@]12NC(=O)N(CN(C)Cc1ccc(Cl)cc1)C2=O. The highest BCUT2D eigenvalue weighted by atomic mass is 35.5. The fourth-order valence-corrected chi connectivity index (χ4v) is 3.94. The fraction of sp³-hybridized carbons (Fsp3) is 0.556. The molecule has 24 heavy (non-hydrogen) atoms. The van der Waals surface area contributed by atoms with Crippen LogP contribution in [-0.2, 0) is 11.3 Å². The van der Waals surface area contributed by atoms with Crippen molar-refractivity contribution >= 4 is 23.5 Å². The van der Waals surface area contributed by atoms with E-state index in [-0.39, 0.29) is 17.9 Å². The van der Waals surface area contributed by atoms with Crippen LogP contribution in [0.3, 0.4) is 0 Å². The van der Waals surface area contributed by atoms with Gasteiger partial charge in [-0.3, -0.25) is 9.69 Å². The summed E-state index contributed by atoms with van der Waals surface area (Å²) in [4.78, 5) is 28.6. The van der Waals surface area contributed by atoms with E-state index in [1.807, 2.05) is 36.2 Å². The Morgan fingerprint density at radius 3 is 2.67 bits per heavy atom. The number of hydrogen-bond donors (Lipinski definition) is 1. The lowest BCUT2D eigenvalue weighted by molar-refractivity contribution is -0.135. The molecule has 0 unspecified atom stereocenters. The van der Waals surface area contributed by atoms with Gasteiger partial charge in [0.15, 0.2) is 0 Å². The molecule has 1 heterocycles. The van der Waals surface area contributed by atoms with Gasteiger partial charge in [-0.15, -0.1) is 0 Å². The zero-order valence-electron chi connectivity index (χ0n) is 14.2. The Morgan fingerprint density at radius 2 is 2.00 bits per heavy atom. The zero-order valence-corrected chi connectivity index (χ0v) is 15.0. The molecule has 1 aliphatic heterocycles. The first-order chi connectivity index (χ1) is 11.4. The van der Waals surface area contributed by atoms with Gasteiger partial charge >= 0.3 is 6.03 Å². The summed E-state index contributed by atoms with van der Waals surface area (Å²) in [6.45, 7) is 3.01. The molecule has 0 radical (unpaired) electrons. The molecule has 2 aliphatic rings. The van der Waals surface area contributed by atoms with E-state index in [4.69, 9.17) is 11.6 Å². The van der Waals surface area contributed by atoms with Crippen LogP contribution in [0.15, 0.2) is 24.3 Å². The van der Waals surface area contributed by atoms with E-state index in [0.29, 0.717) is 18.2 Å². The van der Waals surface area contributed by atoms with Crippen molar-refractivity contribution in [3.63, 3.8) is 0 Å². The Morgan fingerprint density at radius 1 is 1.29 bits per heavy atom. The second-order valence-corrected chi connectivity index (χ2v) is 7.50.